The van der Waals surface area contributed by atoms with Crippen LogP contribution in [0.5, 0.6) is 11.5 Å². The van der Waals surface area contributed by atoms with E-state index in [0.29, 0.717) is 54.6 Å². The predicted octanol–water partition coefficient (Wildman–Crippen LogP) is 5.11. The number of nitrogens with one attached hydrogen (secondary N) is 1. The van der Waals surface area contributed by atoms with E-state index in [4.69, 9.17) is 4.74 Å². The molecule has 2 aliphatic rings. The SMILES string of the molecule is CC(C)c1ncncc1-c1cc(F)ccc1Oc1cncnc1N1CCN(C(=O)Cc2ccc3c(c2)NC(=O)C3(C)C)CC1. The second-order valence-electron chi connectivity index (χ2n) is 11.9. The maximum Gasteiger partial charge on any atom is 0.234 e. The summed E-state index contributed by atoms with van der Waals surface area (Å²) < 4.78 is 20.8. The van der Waals surface area contributed by atoms with Gasteiger partial charge >= 0.3 is 0 Å². The van der Waals surface area contributed by atoms with E-state index in [0.717, 1.165) is 22.5 Å². The standard InChI is InChI=1S/C33H34FN7O3/c1-20(2)30-24(16-35-18-37-30)23-15-22(34)6-8-27(23)44-28-17-36-19-38-31(28)41-11-9-40(10-12-41)29(42)14-21-5-7-25-26(13-21)39-32(43)33(25,3)4/h5-8,13,15-20H,9-12,14H2,1-4H3,(H,39,43). The van der Waals surface area contributed by atoms with Crippen molar-refractivity contribution < 1.29 is 18.7 Å². The van der Waals surface area contributed by atoms with Crippen molar-refractivity contribution in [2.75, 3.05) is 36.4 Å². The Bertz CT molecular complexity index is 1730. The lowest BCUT2D eigenvalue weighted by molar-refractivity contribution is -0.130. The molecular formula is C33H34FN7O3. The van der Waals surface area contributed by atoms with Crippen LogP contribution in [0, 0.1) is 5.82 Å². The predicted molar refractivity (Wildman–Crippen MR) is 164 cm³/mol. The molecule has 1 N–H and O–H groups in total. The van der Waals surface area contributed by atoms with Crippen LogP contribution < -0.4 is 15.0 Å². The third-order valence-corrected chi connectivity index (χ3v) is 8.26. The first-order valence-electron chi connectivity index (χ1n) is 14.7. The van der Waals surface area contributed by atoms with Crippen molar-refractivity contribution in [3.63, 3.8) is 0 Å². The quantitative estimate of drug-likeness (QED) is 0.314. The molecule has 2 amide bonds. The van der Waals surface area contributed by atoms with Crippen LogP contribution in [0.25, 0.3) is 11.1 Å². The van der Waals surface area contributed by atoms with E-state index in [1.54, 1.807) is 18.5 Å². The molecule has 0 bridgehead atoms. The molecule has 44 heavy (non-hydrogen) atoms. The smallest absolute Gasteiger partial charge is 0.234 e. The van der Waals surface area contributed by atoms with Gasteiger partial charge in [-0.05, 0) is 55.2 Å². The van der Waals surface area contributed by atoms with Crippen LogP contribution in [0.3, 0.4) is 0 Å². The Morgan fingerprint density at radius 3 is 2.50 bits per heavy atom. The minimum absolute atomic E-state index is 0.0225. The first-order valence-corrected chi connectivity index (χ1v) is 14.7. The number of rotatable bonds is 7. The van der Waals surface area contributed by atoms with Crippen molar-refractivity contribution in [1.82, 2.24) is 24.8 Å². The summed E-state index contributed by atoms with van der Waals surface area (Å²) >= 11 is 0. The van der Waals surface area contributed by atoms with Gasteiger partial charge in [0, 0.05) is 49.2 Å². The van der Waals surface area contributed by atoms with Crippen molar-refractivity contribution in [2.45, 2.75) is 45.4 Å². The van der Waals surface area contributed by atoms with Gasteiger partial charge in [0.25, 0.3) is 0 Å². The summed E-state index contributed by atoms with van der Waals surface area (Å²) in [6.07, 6.45) is 6.45. The minimum Gasteiger partial charge on any atom is -0.451 e. The number of carbonyl (C=O) groups excluding carboxylic acids is 2. The van der Waals surface area contributed by atoms with Crippen molar-refractivity contribution in [1.29, 1.82) is 0 Å². The maximum atomic E-state index is 14.4. The van der Waals surface area contributed by atoms with Crippen molar-refractivity contribution in [3.05, 3.63) is 84.1 Å². The first kappa shape index (κ1) is 29.2. The number of fused-ring (bicyclic) bond motifs is 1. The Morgan fingerprint density at radius 1 is 0.977 bits per heavy atom. The number of benzene rings is 2. The number of aromatic nitrogens is 4. The third-order valence-electron chi connectivity index (χ3n) is 8.26. The number of halogens is 1. The zero-order valence-corrected chi connectivity index (χ0v) is 25.2. The highest BCUT2D eigenvalue weighted by Crippen LogP contribution is 2.40. The molecule has 4 aromatic rings. The lowest BCUT2D eigenvalue weighted by Gasteiger charge is -2.36. The van der Waals surface area contributed by atoms with Gasteiger partial charge in [-0.25, -0.2) is 24.3 Å². The Kier molecular flexibility index (Phi) is 7.71. The van der Waals surface area contributed by atoms with E-state index < -0.39 is 11.2 Å². The monoisotopic (exact) mass is 595 g/mol. The molecule has 0 spiro atoms. The van der Waals surface area contributed by atoms with Crippen LogP contribution in [-0.4, -0.2) is 62.8 Å². The van der Waals surface area contributed by atoms with Gasteiger partial charge < -0.3 is 19.9 Å². The van der Waals surface area contributed by atoms with Gasteiger partial charge in [0.05, 0.1) is 23.7 Å². The molecule has 0 unspecified atom stereocenters. The lowest BCUT2D eigenvalue weighted by atomic mass is 9.86. The molecule has 0 radical (unpaired) electrons. The Labute approximate surface area is 255 Å². The second kappa shape index (κ2) is 11.6. The van der Waals surface area contributed by atoms with E-state index in [9.17, 15) is 14.0 Å². The second-order valence-corrected chi connectivity index (χ2v) is 11.9. The number of hydrogen-bond acceptors (Lipinski definition) is 8. The van der Waals surface area contributed by atoms with Gasteiger partial charge in [-0.2, -0.15) is 0 Å². The number of piperazine rings is 1. The summed E-state index contributed by atoms with van der Waals surface area (Å²) in [4.78, 5) is 46.7. The summed E-state index contributed by atoms with van der Waals surface area (Å²) in [6, 6.07) is 10.1. The lowest BCUT2D eigenvalue weighted by Crippen LogP contribution is -2.49. The average molecular weight is 596 g/mol. The van der Waals surface area contributed by atoms with Crippen LogP contribution in [0.2, 0.25) is 0 Å². The molecule has 6 rings (SSSR count). The first-order chi connectivity index (χ1) is 21.1. The topological polar surface area (TPSA) is 113 Å². The number of ether oxygens (including phenoxy) is 1. The third kappa shape index (κ3) is 5.57. The molecule has 2 aromatic heterocycles. The highest BCUT2D eigenvalue weighted by Gasteiger charge is 2.38. The summed E-state index contributed by atoms with van der Waals surface area (Å²) in [7, 11) is 0. The van der Waals surface area contributed by atoms with Gasteiger partial charge in [-0.3, -0.25) is 9.59 Å². The number of anilines is 2. The fraction of sp³-hybridized carbons (Fsp3) is 0.333. The molecule has 10 nitrogen and oxygen atoms in total. The van der Waals surface area contributed by atoms with Gasteiger partial charge in [0.15, 0.2) is 11.6 Å². The summed E-state index contributed by atoms with van der Waals surface area (Å²) in [5, 5.41) is 2.93. The Balaban J connectivity index is 1.16. The van der Waals surface area contributed by atoms with Crippen LogP contribution in [-0.2, 0) is 21.4 Å². The molecule has 1 fully saturated rings. The molecule has 11 heteroatoms. The number of nitrogens with zero attached hydrogens (tertiary/aromatic N) is 6. The number of carbonyl (C=O) groups is 2. The largest absolute Gasteiger partial charge is 0.451 e. The van der Waals surface area contributed by atoms with E-state index in [-0.39, 0.29) is 24.2 Å². The van der Waals surface area contributed by atoms with Gasteiger partial charge in [0.1, 0.15) is 24.2 Å². The fourth-order valence-corrected chi connectivity index (χ4v) is 5.75. The Hall–Kier alpha value is -4.93. The molecule has 226 valence electrons. The molecule has 2 aromatic carbocycles. The number of hydrogen-bond donors (Lipinski definition) is 1. The van der Waals surface area contributed by atoms with E-state index in [2.05, 4.69) is 30.2 Å². The van der Waals surface area contributed by atoms with Crippen molar-refractivity contribution in [2.24, 2.45) is 0 Å². The summed E-state index contributed by atoms with van der Waals surface area (Å²) in [5.41, 5.74) is 4.01. The molecule has 4 heterocycles. The van der Waals surface area contributed by atoms with Gasteiger partial charge in [0.2, 0.25) is 11.8 Å². The molecule has 0 aliphatic carbocycles. The zero-order chi connectivity index (χ0) is 31.0. The maximum absolute atomic E-state index is 14.4. The molecular weight excluding hydrogens is 561 g/mol. The average Bonchev–Trinajstić information content (AvgIpc) is 3.25. The van der Waals surface area contributed by atoms with Crippen LogP contribution in [0.1, 0.15) is 50.4 Å². The zero-order valence-electron chi connectivity index (χ0n) is 25.2. The van der Waals surface area contributed by atoms with Crippen LogP contribution in [0.4, 0.5) is 15.9 Å². The van der Waals surface area contributed by atoms with E-state index in [1.807, 2.05) is 50.8 Å². The van der Waals surface area contributed by atoms with E-state index >= 15 is 0 Å². The number of amides is 2. The van der Waals surface area contributed by atoms with Crippen molar-refractivity contribution in [3.8, 4) is 22.6 Å². The van der Waals surface area contributed by atoms with Gasteiger partial charge in [-0.1, -0.05) is 26.0 Å². The van der Waals surface area contributed by atoms with Crippen LogP contribution >= 0.6 is 0 Å². The normalized spacial score (nSPS) is 15.7. The Morgan fingerprint density at radius 2 is 1.73 bits per heavy atom. The van der Waals surface area contributed by atoms with Gasteiger partial charge in [-0.15, -0.1) is 0 Å². The van der Waals surface area contributed by atoms with Crippen molar-refractivity contribution >= 4 is 23.3 Å². The molecule has 0 atom stereocenters. The fourth-order valence-electron chi connectivity index (χ4n) is 5.75. The summed E-state index contributed by atoms with van der Waals surface area (Å²) in [6.45, 7) is 9.95. The molecule has 1 saturated heterocycles. The summed E-state index contributed by atoms with van der Waals surface area (Å²) in [5.74, 6) is 1.12. The molecule has 0 saturated carbocycles. The molecule has 2 aliphatic heterocycles. The van der Waals surface area contributed by atoms with Crippen LogP contribution in [0.15, 0.2) is 61.4 Å². The minimum atomic E-state index is -0.580. The highest BCUT2D eigenvalue weighted by atomic mass is 19.1. The highest BCUT2D eigenvalue weighted by molar-refractivity contribution is 6.05. The van der Waals surface area contributed by atoms with E-state index in [1.165, 1.54) is 24.8 Å².